The lowest BCUT2D eigenvalue weighted by molar-refractivity contribution is -0.145. The zero-order chi connectivity index (χ0) is 56.2. The number of carbonyl (C=O) groups is 11. The monoisotopic (exact) mass is 1100 g/mol. The maximum atomic E-state index is 14.8. The van der Waals surface area contributed by atoms with Gasteiger partial charge in [-0.05, 0) is 42.9 Å². The summed E-state index contributed by atoms with van der Waals surface area (Å²) >= 11 is 1.05. The van der Waals surface area contributed by atoms with Gasteiger partial charge in [0.15, 0.2) is 11.6 Å². The Morgan fingerprint density at radius 2 is 1.55 bits per heavy atom. The molecule has 24 nitrogen and oxygen atoms in total. The molecule has 0 radical (unpaired) electrons. The van der Waals surface area contributed by atoms with E-state index < -0.39 is 158 Å². The number of thioether (sulfide) groups is 1. The van der Waals surface area contributed by atoms with Gasteiger partial charge in [0, 0.05) is 80.2 Å². The number of aliphatic hydroxyl groups is 3. The molecule has 2 bridgehead atoms. The Labute approximate surface area is 449 Å². The number of carbonyl (C=O) groups excluding carboxylic acids is 11. The van der Waals surface area contributed by atoms with Gasteiger partial charge >= 0.3 is 0 Å². The van der Waals surface area contributed by atoms with E-state index in [1.54, 1.807) is 39.0 Å². The number of nitrogens with one attached hydrogen (secondary N) is 6. The lowest BCUT2D eigenvalue weighted by Crippen LogP contribution is -2.56. The third-order valence-electron chi connectivity index (χ3n) is 15.0. The van der Waals surface area contributed by atoms with Gasteiger partial charge < -0.3 is 62.3 Å². The van der Waals surface area contributed by atoms with Crippen LogP contribution in [0.2, 0.25) is 0 Å². The number of imide groups is 1. The number of aromatic amines is 1. The molecule has 25 heteroatoms. The van der Waals surface area contributed by atoms with E-state index in [1.807, 2.05) is 0 Å². The van der Waals surface area contributed by atoms with Gasteiger partial charge in [0.25, 0.3) is 0 Å². The second-order valence-electron chi connectivity index (χ2n) is 20.8. The smallest absolute Gasteiger partial charge is 0.243 e. The van der Waals surface area contributed by atoms with Crippen LogP contribution in [-0.4, -0.2) is 176 Å². The fraction of sp³-hybridized carbons (Fsp3) is 0.635. The van der Waals surface area contributed by atoms with Crippen molar-refractivity contribution >= 4 is 87.4 Å². The number of ketones is 2. The molecule has 9 amide bonds. The van der Waals surface area contributed by atoms with Crippen molar-refractivity contribution in [2.75, 3.05) is 45.1 Å². The first-order chi connectivity index (χ1) is 36.6. The van der Waals surface area contributed by atoms with Crippen molar-refractivity contribution in [2.24, 2.45) is 35.3 Å². The Hall–Kier alpha value is -6.44. The molecule has 77 heavy (non-hydrogen) atoms. The average molecular weight is 1100 g/mol. The van der Waals surface area contributed by atoms with Crippen LogP contribution in [0, 0.1) is 29.6 Å². The largest absolute Gasteiger partial charge is 0.494 e. The summed E-state index contributed by atoms with van der Waals surface area (Å²) in [6.45, 7) is 4.74. The first-order valence-corrected chi connectivity index (χ1v) is 27.4. The topological polar surface area (TPSA) is 366 Å². The number of Topliss-reactive ketones (excluding diaryl/α,β-unsaturated/α-hetero) is 2. The highest BCUT2D eigenvalue weighted by molar-refractivity contribution is 7.99. The number of unbranched alkanes of at least 4 members (excludes halogenated alkanes) is 3. The zero-order valence-corrected chi connectivity index (χ0v) is 44.7. The quantitative estimate of drug-likeness (QED) is 0.0746. The number of fused-ring (bicyclic) bond motifs is 5. The van der Waals surface area contributed by atoms with E-state index in [0.29, 0.717) is 59.7 Å². The van der Waals surface area contributed by atoms with Crippen LogP contribution in [0.15, 0.2) is 23.2 Å². The van der Waals surface area contributed by atoms with Crippen LogP contribution in [0.1, 0.15) is 97.5 Å². The molecule has 1 aromatic heterocycles. The van der Waals surface area contributed by atoms with Gasteiger partial charge in [-0.2, -0.15) is 0 Å². The summed E-state index contributed by atoms with van der Waals surface area (Å²) in [5.74, 6) is -12.4. The summed E-state index contributed by atoms with van der Waals surface area (Å²) in [6.07, 6.45) is -1.94. The lowest BCUT2D eigenvalue weighted by atomic mass is 9.85. The summed E-state index contributed by atoms with van der Waals surface area (Å²) in [6, 6.07) is -0.510. The number of aromatic nitrogens is 1. The maximum Gasteiger partial charge on any atom is 0.243 e. The Morgan fingerprint density at radius 1 is 0.844 bits per heavy atom. The van der Waals surface area contributed by atoms with Crippen LogP contribution in [0.3, 0.4) is 0 Å². The number of rotatable bonds is 15. The Bertz CT molecular complexity index is 2580. The van der Waals surface area contributed by atoms with Gasteiger partial charge in [-0.15, -0.1) is 11.8 Å². The van der Waals surface area contributed by atoms with E-state index in [4.69, 9.17) is 10.5 Å². The molecule has 0 saturated carbocycles. The van der Waals surface area contributed by atoms with Gasteiger partial charge in [-0.25, -0.2) is 0 Å². The van der Waals surface area contributed by atoms with Crippen LogP contribution < -0.4 is 37.1 Å². The highest BCUT2D eigenvalue weighted by atomic mass is 32.2. The zero-order valence-electron chi connectivity index (χ0n) is 43.9. The van der Waals surface area contributed by atoms with Crippen LogP contribution in [0.5, 0.6) is 5.75 Å². The van der Waals surface area contributed by atoms with Gasteiger partial charge in [-0.1, -0.05) is 47.0 Å². The fourth-order valence-electron chi connectivity index (χ4n) is 10.2. The molecule has 422 valence electrons. The van der Waals surface area contributed by atoms with Crippen molar-refractivity contribution < 1.29 is 72.8 Å². The molecule has 0 spiro atoms. The first-order valence-electron chi connectivity index (χ1n) is 26.4. The van der Waals surface area contributed by atoms with Crippen LogP contribution in [0.25, 0.3) is 10.9 Å². The molecule has 11 N–H and O–H groups in total. The van der Waals surface area contributed by atoms with Crippen molar-refractivity contribution in [1.82, 2.24) is 41.4 Å². The summed E-state index contributed by atoms with van der Waals surface area (Å²) in [7, 11) is 0. The number of aliphatic hydroxyl groups excluding tert-OH is 3. The predicted molar refractivity (Wildman–Crippen MR) is 277 cm³/mol. The molecule has 11 atom stereocenters. The molecule has 2 saturated heterocycles. The molecular weight excluding hydrogens is 1020 g/mol. The number of nitrogens with zero attached hydrogens (tertiary/aromatic N) is 2. The van der Waals surface area contributed by atoms with Crippen LogP contribution in [0.4, 0.5) is 0 Å². The van der Waals surface area contributed by atoms with E-state index in [9.17, 15) is 68.1 Å². The average Bonchev–Trinajstić information content (AvgIpc) is 4.04. The lowest BCUT2D eigenvalue weighted by Gasteiger charge is -2.32. The first kappa shape index (κ1) is 59.8. The Balaban J connectivity index is 1.41. The normalized spacial score (nSPS) is 27.0. The summed E-state index contributed by atoms with van der Waals surface area (Å²) in [4.78, 5) is 156. The minimum absolute atomic E-state index is 0.151. The van der Waals surface area contributed by atoms with Crippen LogP contribution >= 0.6 is 11.8 Å². The summed E-state index contributed by atoms with van der Waals surface area (Å²) in [5.41, 5.74) is 6.58. The number of hydrogen-bond donors (Lipinski definition) is 10. The molecule has 1 aromatic carbocycles. The van der Waals surface area contributed by atoms with Gasteiger partial charge in [0.1, 0.15) is 17.8 Å². The minimum Gasteiger partial charge on any atom is -0.494 e. The number of benzene rings is 1. The number of likely N-dealkylation sites (tertiary alicyclic amines) is 1. The molecule has 2 fully saturated rings. The summed E-state index contributed by atoms with van der Waals surface area (Å²) < 4.78 is 6.13. The van der Waals surface area contributed by atoms with Gasteiger partial charge in [-0.3, -0.25) is 57.6 Å². The standard InChI is InChI=1S/C52H73N9O15S/c1-5-26(2)45-49(73)55-21-42(68)56-36-25-77-50-34(33-11-10-32(20-35(33)57-50)76-13-9-7-6-8-12-60-44(70)14-27(3)51(60)74)15-29(47(71)54-22-43(69)58-45)16-39(65)46(28(4)40(66)24-62)59-48(72)37-19-31(63)23-61(37)52(75)30(17-38(36)64)18-41(53)67/h10-11,20,26-31,36-37,40,45-46,57,62-63,66H,5-9,12-19,21-25H2,1-4H3,(H2,53,67)(H,54,71)(H,55,73)(H,56,68)(H,58,69)(H,59,72)/t26-,27?,28-,29+,30-,31?,36-,37-,40-,45-,46-/m0/s1. The Morgan fingerprint density at radius 3 is 2.22 bits per heavy atom. The van der Waals surface area contributed by atoms with E-state index in [1.165, 1.54) is 11.8 Å². The highest BCUT2D eigenvalue weighted by Gasteiger charge is 2.45. The molecule has 2 unspecified atom stereocenters. The van der Waals surface area contributed by atoms with E-state index in [-0.39, 0.29) is 42.7 Å². The fourth-order valence-corrected chi connectivity index (χ4v) is 11.4. The minimum atomic E-state index is -1.61. The maximum absolute atomic E-state index is 14.8. The van der Waals surface area contributed by atoms with Crippen molar-refractivity contribution in [3.8, 4) is 5.75 Å². The predicted octanol–water partition coefficient (Wildman–Crippen LogP) is -1.13. The second kappa shape index (κ2) is 27.2. The number of primary amides is 1. The van der Waals surface area contributed by atoms with Crippen molar-refractivity contribution in [3.63, 3.8) is 0 Å². The van der Waals surface area contributed by atoms with E-state index in [2.05, 4.69) is 31.6 Å². The molecule has 4 aliphatic rings. The molecule has 4 aliphatic heterocycles. The van der Waals surface area contributed by atoms with Crippen molar-refractivity contribution in [1.29, 1.82) is 0 Å². The number of H-pyrrole nitrogens is 1. The third kappa shape index (κ3) is 15.4. The molecule has 6 rings (SSSR count). The molecule has 5 heterocycles. The van der Waals surface area contributed by atoms with E-state index >= 15 is 0 Å². The number of ether oxygens (including phenoxy) is 1. The van der Waals surface area contributed by atoms with Crippen molar-refractivity contribution in [3.05, 3.63) is 23.8 Å². The number of amides is 9. The highest BCUT2D eigenvalue weighted by Crippen LogP contribution is 2.36. The van der Waals surface area contributed by atoms with Gasteiger partial charge in [0.05, 0.1) is 67.1 Å². The molecular formula is C52H73N9O15S. The second-order valence-corrected chi connectivity index (χ2v) is 21.8. The number of nitrogens with two attached hydrogens (primary N) is 1. The molecule has 2 aromatic rings. The summed E-state index contributed by atoms with van der Waals surface area (Å²) in [5, 5.41) is 45.7. The van der Waals surface area contributed by atoms with Crippen molar-refractivity contribution in [2.45, 2.75) is 140 Å². The van der Waals surface area contributed by atoms with E-state index in [0.717, 1.165) is 29.5 Å². The van der Waals surface area contributed by atoms with Gasteiger partial charge in [0.2, 0.25) is 53.2 Å². The third-order valence-corrected chi connectivity index (χ3v) is 16.1. The molecule has 0 aliphatic carbocycles. The van der Waals surface area contributed by atoms with Crippen LogP contribution in [-0.2, 0) is 59.2 Å². The Kier molecular flexibility index (Phi) is 21.2. The number of hydrogen-bond acceptors (Lipinski definition) is 16. The SMILES string of the molecule is CC[C@H](C)[C@@H]1NC(=O)CNC(=O)[C@H]2CC(=O)[C@H]([C@@H](C)[C@@H](O)CO)NC(=O)[C@@H]3CC(O)CN3C(=O)[C@H](CC(N)=O)CC(=O)[C@H](CSc3[nH]c4cc(OCCCCCCN5C(=O)CC(C)C5=O)ccc4c3C2)NC(=O)CNC1=O.